The smallest absolute Gasteiger partial charge is 0.337 e. The van der Waals surface area contributed by atoms with Crippen LogP contribution in [0.1, 0.15) is 21.5 Å². The van der Waals surface area contributed by atoms with E-state index in [2.05, 4.69) is 9.73 Å². The molecule has 2 rings (SSSR count). The topological polar surface area (TPSA) is 47.9 Å². The van der Waals surface area contributed by atoms with Crippen LogP contribution >= 0.6 is 0 Å². The Bertz CT molecular complexity index is 615. The van der Waals surface area contributed by atoms with Crippen LogP contribution in [0.2, 0.25) is 0 Å². The van der Waals surface area contributed by atoms with E-state index in [1.807, 2.05) is 36.4 Å². The third-order valence-electron chi connectivity index (χ3n) is 3.01. The minimum absolute atomic E-state index is 0.336. The van der Waals surface area contributed by atoms with E-state index in [4.69, 9.17) is 4.74 Å². The fraction of sp³-hybridized carbons (Fsp3) is 0.176. The molecule has 2 aromatic rings. The molecule has 0 aliphatic carbocycles. The highest BCUT2D eigenvalue weighted by atomic mass is 16.5. The number of hydrogen-bond acceptors (Lipinski definition) is 4. The van der Waals surface area contributed by atoms with Crippen molar-refractivity contribution in [3.63, 3.8) is 0 Å². The molecule has 0 aliphatic rings. The van der Waals surface area contributed by atoms with Gasteiger partial charge in [-0.25, -0.2) is 4.79 Å². The molecule has 0 amide bonds. The molecule has 0 fully saturated rings. The molecule has 4 nitrogen and oxygen atoms in total. The molecule has 2 aromatic carbocycles. The Morgan fingerprint density at radius 3 is 2.29 bits per heavy atom. The van der Waals surface area contributed by atoms with Crippen molar-refractivity contribution in [2.24, 2.45) is 4.99 Å². The molecule has 0 aromatic heterocycles. The number of benzene rings is 2. The molecular weight excluding hydrogens is 266 g/mol. The van der Waals surface area contributed by atoms with Crippen LogP contribution in [0.3, 0.4) is 0 Å². The molecule has 4 heteroatoms. The maximum Gasteiger partial charge on any atom is 0.337 e. The standard InChI is InChI=1S/C17H17NO3/c1-20-16-9-5-14(6-10-16)12-18-11-13-3-7-15(8-4-13)17(19)21-2/h3-11H,12H2,1-2H3. The highest BCUT2D eigenvalue weighted by molar-refractivity contribution is 5.90. The zero-order valence-corrected chi connectivity index (χ0v) is 12.1. The lowest BCUT2D eigenvalue weighted by Gasteiger charge is -2.01. The summed E-state index contributed by atoms with van der Waals surface area (Å²) < 4.78 is 9.76. The second-order valence-corrected chi connectivity index (χ2v) is 4.43. The van der Waals surface area contributed by atoms with Crippen LogP contribution in [0.25, 0.3) is 0 Å². The van der Waals surface area contributed by atoms with Gasteiger partial charge in [0.1, 0.15) is 5.75 Å². The highest BCUT2D eigenvalue weighted by Gasteiger charge is 2.03. The Morgan fingerprint density at radius 2 is 1.71 bits per heavy atom. The van der Waals surface area contributed by atoms with Crippen LogP contribution in [0.15, 0.2) is 53.5 Å². The molecule has 0 unspecified atom stereocenters. The zero-order valence-electron chi connectivity index (χ0n) is 12.1. The minimum atomic E-state index is -0.336. The fourth-order valence-corrected chi connectivity index (χ4v) is 1.81. The van der Waals surface area contributed by atoms with Gasteiger partial charge >= 0.3 is 5.97 Å². The Morgan fingerprint density at radius 1 is 1.05 bits per heavy atom. The Balaban J connectivity index is 1.95. The largest absolute Gasteiger partial charge is 0.497 e. The van der Waals surface area contributed by atoms with Gasteiger partial charge in [0.2, 0.25) is 0 Å². The zero-order chi connectivity index (χ0) is 15.1. The first-order valence-corrected chi connectivity index (χ1v) is 6.54. The van der Waals surface area contributed by atoms with Gasteiger partial charge in [0.05, 0.1) is 26.3 Å². The van der Waals surface area contributed by atoms with Crippen LogP contribution in [-0.2, 0) is 11.3 Å². The van der Waals surface area contributed by atoms with Crippen molar-refractivity contribution in [2.45, 2.75) is 6.54 Å². The normalized spacial score (nSPS) is 10.6. The summed E-state index contributed by atoms with van der Waals surface area (Å²) in [6.45, 7) is 0.600. The Labute approximate surface area is 124 Å². The van der Waals surface area contributed by atoms with Crippen LogP contribution in [0.4, 0.5) is 0 Å². The second-order valence-electron chi connectivity index (χ2n) is 4.43. The number of ether oxygens (including phenoxy) is 2. The summed E-state index contributed by atoms with van der Waals surface area (Å²) >= 11 is 0. The van der Waals surface area contributed by atoms with E-state index in [1.54, 1.807) is 25.5 Å². The first-order valence-electron chi connectivity index (χ1n) is 6.54. The molecular formula is C17H17NO3. The van der Waals surface area contributed by atoms with Crippen molar-refractivity contribution in [3.8, 4) is 5.75 Å². The average molecular weight is 283 g/mol. The van der Waals surface area contributed by atoms with Gasteiger partial charge in [-0.1, -0.05) is 24.3 Å². The number of carbonyl (C=O) groups is 1. The van der Waals surface area contributed by atoms with E-state index in [9.17, 15) is 4.79 Å². The molecule has 0 heterocycles. The first-order chi connectivity index (χ1) is 10.2. The maximum absolute atomic E-state index is 11.3. The number of rotatable bonds is 5. The van der Waals surface area contributed by atoms with E-state index in [0.29, 0.717) is 12.1 Å². The van der Waals surface area contributed by atoms with Gasteiger partial charge < -0.3 is 9.47 Å². The SMILES string of the molecule is COC(=O)c1ccc(C=NCc2ccc(OC)cc2)cc1. The molecule has 0 radical (unpaired) electrons. The van der Waals surface area contributed by atoms with Crippen LogP contribution in [-0.4, -0.2) is 26.4 Å². The summed E-state index contributed by atoms with van der Waals surface area (Å²) in [5, 5.41) is 0. The lowest BCUT2D eigenvalue weighted by atomic mass is 10.1. The summed E-state index contributed by atoms with van der Waals surface area (Å²) in [7, 11) is 3.01. The molecule has 0 N–H and O–H groups in total. The van der Waals surface area contributed by atoms with Crippen molar-refractivity contribution in [2.75, 3.05) is 14.2 Å². The lowest BCUT2D eigenvalue weighted by Crippen LogP contribution is -2.00. The van der Waals surface area contributed by atoms with Crippen molar-refractivity contribution >= 4 is 12.2 Å². The number of esters is 1. The summed E-state index contributed by atoms with van der Waals surface area (Å²) in [5.74, 6) is 0.498. The summed E-state index contributed by atoms with van der Waals surface area (Å²) in [6.07, 6.45) is 1.78. The van der Waals surface area contributed by atoms with Gasteiger partial charge in [-0.3, -0.25) is 4.99 Å². The highest BCUT2D eigenvalue weighted by Crippen LogP contribution is 2.12. The monoisotopic (exact) mass is 283 g/mol. The van der Waals surface area contributed by atoms with E-state index >= 15 is 0 Å². The molecule has 0 spiro atoms. The predicted molar refractivity (Wildman–Crippen MR) is 82.1 cm³/mol. The molecule has 0 saturated carbocycles. The molecule has 0 bridgehead atoms. The number of nitrogens with zero attached hydrogens (tertiary/aromatic N) is 1. The Hall–Kier alpha value is -2.62. The van der Waals surface area contributed by atoms with Gasteiger partial charge in [0.15, 0.2) is 0 Å². The van der Waals surface area contributed by atoms with E-state index in [0.717, 1.165) is 16.9 Å². The van der Waals surface area contributed by atoms with E-state index in [1.165, 1.54) is 7.11 Å². The van der Waals surface area contributed by atoms with Crippen molar-refractivity contribution in [3.05, 3.63) is 65.2 Å². The lowest BCUT2D eigenvalue weighted by molar-refractivity contribution is 0.0600. The number of hydrogen-bond donors (Lipinski definition) is 0. The predicted octanol–water partition coefficient (Wildman–Crippen LogP) is 3.10. The van der Waals surface area contributed by atoms with Gasteiger partial charge in [0.25, 0.3) is 0 Å². The van der Waals surface area contributed by atoms with Gasteiger partial charge in [-0.15, -0.1) is 0 Å². The van der Waals surface area contributed by atoms with E-state index < -0.39 is 0 Å². The van der Waals surface area contributed by atoms with Crippen LogP contribution in [0.5, 0.6) is 5.75 Å². The third kappa shape index (κ3) is 4.18. The quantitative estimate of drug-likeness (QED) is 0.626. The van der Waals surface area contributed by atoms with E-state index in [-0.39, 0.29) is 5.97 Å². The van der Waals surface area contributed by atoms with Crippen molar-refractivity contribution < 1.29 is 14.3 Å². The molecule has 21 heavy (non-hydrogen) atoms. The van der Waals surface area contributed by atoms with Crippen LogP contribution < -0.4 is 4.74 Å². The van der Waals surface area contributed by atoms with Gasteiger partial charge in [-0.2, -0.15) is 0 Å². The average Bonchev–Trinajstić information content (AvgIpc) is 2.55. The Kier molecular flexibility index (Phi) is 5.10. The molecule has 0 atom stereocenters. The summed E-state index contributed by atoms with van der Waals surface area (Å²) in [6, 6.07) is 14.9. The number of methoxy groups -OCH3 is 2. The van der Waals surface area contributed by atoms with Crippen molar-refractivity contribution in [1.82, 2.24) is 0 Å². The van der Waals surface area contributed by atoms with Gasteiger partial charge in [-0.05, 0) is 35.4 Å². The third-order valence-corrected chi connectivity index (χ3v) is 3.01. The molecule has 0 saturated heterocycles. The summed E-state index contributed by atoms with van der Waals surface area (Å²) in [4.78, 5) is 15.7. The van der Waals surface area contributed by atoms with Crippen molar-refractivity contribution in [1.29, 1.82) is 0 Å². The summed E-state index contributed by atoms with van der Waals surface area (Å²) in [5.41, 5.74) is 2.58. The fourth-order valence-electron chi connectivity index (χ4n) is 1.81. The second kappa shape index (κ2) is 7.24. The molecule has 108 valence electrons. The maximum atomic E-state index is 11.3. The molecule has 0 aliphatic heterocycles. The number of aliphatic imine (C=N–C) groups is 1. The first kappa shape index (κ1) is 14.8. The van der Waals surface area contributed by atoms with Crippen LogP contribution in [0, 0.1) is 0 Å². The van der Waals surface area contributed by atoms with Gasteiger partial charge in [0, 0.05) is 6.21 Å². The number of carbonyl (C=O) groups excluding carboxylic acids is 1. The minimum Gasteiger partial charge on any atom is -0.497 e.